The molecule has 1 aliphatic rings. The Balaban J connectivity index is 1.33. The second-order valence-corrected chi connectivity index (χ2v) is 8.02. The van der Waals surface area contributed by atoms with E-state index in [4.69, 9.17) is 9.15 Å². The van der Waals surface area contributed by atoms with E-state index < -0.39 is 6.10 Å². The fraction of sp³-hybridized carbons (Fsp3) is 0.417. The van der Waals surface area contributed by atoms with Crippen LogP contribution in [0.3, 0.4) is 0 Å². The molecule has 1 atom stereocenters. The van der Waals surface area contributed by atoms with Crippen molar-refractivity contribution < 1.29 is 18.7 Å². The number of rotatable bonds is 7. The van der Waals surface area contributed by atoms with E-state index in [1.807, 2.05) is 24.3 Å². The minimum absolute atomic E-state index is 0.263. The molecule has 1 aromatic heterocycles. The standard InChI is InChI=1S/C24H28FNO3/c1-26(20-5-3-2-4-6-20)14-21(27)16-28-22-10-7-17(8-11-22)24-23-12-9-19(25)13-18(23)15-29-24/h7-13,15,20-21,27H,2-6,14,16H2,1H3/t21-/m1/s1. The number of furan rings is 1. The normalized spacial score (nSPS) is 16.4. The number of aliphatic hydroxyl groups excluding tert-OH is 1. The first-order chi connectivity index (χ1) is 14.1. The van der Waals surface area contributed by atoms with E-state index in [0.29, 0.717) is 24.1 Å². The minimum Gasteiger partial charge on any atom is -0.491 e. The summed E-state index contributed by atoms with van der Waals surface area (Å²) in [4.78, 5) is 2.27. The Morgan fingerprint density at radius 1 is 1.14 bits per heavy atom. The van der Waals surface area contributed by atoms with Crippen molar-refractivity contribution >= 4 is 10.8 Å². The van der Waals surface area contributed by atoms with Gasteiger partial charge < -0.3 is 19.2 Å². The topological polar surface area (TPSA) is 45.8 Å². The largest absolute Gasteiger partial charge is 0.491 e. The van der Waals surface area contributed by atoms with E-state index >= 15 is 0 Å². The van der Waals surface area contributed by atoms with Crippen LogP contribution in [-0.2, 0) is 0 Å². The van der Waals surface area contributed by atoms with Gasteiger partial charge in [0.1, 0.15) is 30.0 Å². The Hall–Kier alpha value is -2.37. The lowest BCUT2D eigenvalue weighted by molar-refractivity contribution is 0.0561. The molecule has 0 aliphatic heterocycles. The summed E-state index contributed by atoms with van der Waals surface area (Å²) < 4.78 is 24.8. The number of hydrogen-bond donors (Lipinski definition) is 1. The fourth-order valence-corrected chi connectivity index (χ4v) is 4.20. The van der Waals surface area contributed by atoms with Gasteiger partial charge >= 0.3 is 0 Å². The molecule has 0 spiro atoms. The van der Waals surface area contributed by atoms with Crippen LogP contribution in [0.1, 0.15) is 32.1 Å². The molecule has 29 heavy (non-hydrogen) atoms. The first kappa shape index (κ1) is 19.9. The van der Waals surface area contributed by atoms with Gasteiger partial charge in [0, 0.05) is 28.9 Å². The number of ether oxygens (including phenoxy) is 1. The van der Waals surface area contributed by atoms with Crippen molar-refractivity contribution in [1.29, 1.82) is 0 Å². The van der Waals surface area contributed by atoms with E-state index in [2.05, 4.69) is 11.9 Å². The number of likely N-dealkylation sites (N-methyl/N-ethyl adjacent to an activating group) is 1. The molecular weight excluding hydrogens is 369 g/mol. The molecule has 4 nitrogen and oxygen atoms in total. The lowest BCUT2D eigenvalue weighted by atomic mass is 9.94. The Morgan fingerprint density at radius 3 is 2.66 bits per heavy atom. The second kappa shape index (κ2) is 8.97. The number of benzene rings is 2. The maximum absolute atomic E-state index is 13.4. The van der Waals surface area contributed by atoms with Gasteiger partial charge in [0.2, 0.25) is 0 Å². The molecule has 5 heteroatoms. The van der Waals surface area contributed by atoms with Crippen molar-refractivity contribution in [2.24, 2.45) is 0 Å². The smallest absolute Gasteiger partial charge is 0.141 e. The summed E-state index contributed by atoms with van der Waals surface area (Å²) in [6.45, 7) is 0.886. The maximum Gasteiger partial charge on any atom is 0.141 e. The molecule has 1 saturated carbocycles. The van der Waals surface area contributed by atoms with Gasteiger partial charge in [-0.1, -0.05) is 19.3 Å². The molecular formula is C24H28FNO3. The van der Waals surface area contributed by atoms with Crippen molar-refractivity contribution in [3.8, 4) is 17.1 Å². The predicted octanol–water partition coefficient (Wildman–Crippen LogP) is 5.24. The zero-order chi connectivity index (χ0) is 20.2. The van der Waals surface area contributed by atoms with Gasteiger partial charge in [0.05, 0.1) is 6.26 Å². The SMILES string of the molecule is CN(C[C@@H](O)COc1ccc(-c2occ3cc(F)ccc23)cc1)C1CCCCC1. The molecule has 1 N–H and O–H groups in total. The monoisotopic (exact) mass is 397 g/mol. The number of hydrogen-bond acceptors (Lipinski definition) is 4. The molecule has 154 valence electrons. The summed E-state index contributed by atoms with van der Waals surface area (Å²) in [5.41, 5.74) is 0.900. The molecule has 4 rings (SSSR count). The Bertz CT molecular complexity index is 931. The predicted molar refractivity (Wildman–Crippen MR) is 113 cm³/mol. The maximum atomic E-state index is 13.4. The Kier molecular flexibility index (Phi) is 6.16. The quantitative estimate of drug-likeness (QED) is 0.592. The van der Waals surface area contributed by atoms with Crippen molar-refractivity contribution in [2.75, 3.05) is 20.2 Å². The third-order valence-corrected chi connectivity index (χ3v) is 5.82. The summed E-state index contributed by atoms with van der Waals surface area (Å²) in [7, 11) is 2.09. The average Bonchev–Trinajstić information content (AvgIpc) is 3.16. The highest BCUT2D eigenvalue weighted by atomic mass is 19.1. The molecule has 0 bridgehead atoms. The van der Waals surface area contributed by atoms with Crippen molar-refractivity contribution in [1.82, 2.24) is 4.90 Å². The van der Waals surface area contributed by atoms with Crippen LogP contribution in [0, 0.1) is 5.82 Å². The molecule has 2 aromatic carbocycles. The Morgan fingerprint density at radius 2 is 1.90 bits per heavy atom. The van der Waals surface area contributed by atoms with Gasteiger partial charge in [-0.05, 0) is 62.4 Å². The van der Waals surface area contributed by atoms with E-state index in [1.54, 1.807) is 12.3 Å². The van der Waals surface area contributed by atoms with E-state index in [0.717, 1.165) is 16.3 Å². The van der Waals surface area contributed by atoms with Gasteiger partial charge in [-0.25, -0.2) is 4.39 Å². The van der Waals surface area contributed by atoms with Gasteiger partial charge in [-0.2, -0.15) is 0 Å². The average molecular weight is 397 g/mol. The molecule has 0 saturated heterocycles. The van der Waals surface area contributed by atoms with Crippen LogP contribution in [0.5, 0.6) is 5.75 Å². The summed E-state index contributed by atoms with van der Waals surface area (Å²) >= 11 is 0. The van der Waals surface area contributed by atoms with Crippen LogP contribution >= 0.6 is 0 Å². The third-order valence-electron chi connectivity index (χ3n) is 5.82. The number of halogens is 1. The van der Waals surface area contributed by atoms with Crippen molar-refractivity contribution in [3.05, 3.63) is 54.5 Å². The number of aliphatic hydroxyl groups is 1. The second-order valence-electron chi connectivity index (χ2n) is 8.02. The van der Waals surface area contributed by atoms with Gasteiger partial charge in [0.15, 0.2) is 0 Å². The number of fused-ring (bicyclic) bond motifs is 1. The zero-order valence-electron chi connectivity index (χ0n) is 16.8. The fourth-order valence-electron chi connectivity index (χ4n) is 4.20. The van der Waals surface area contributed by atoms with Crippen molar-refractivity contribution in [3.63, 3.8) is 0 Å². The van der Waals surface area contributed by atoms with Crippen LogP contribution in [0.25, 0.3) is 22.1 Å². The van der Waals surface area contributed by atoms with Crippen LogP contribution in [0.4, 0.5) is 4.39 Å². The first-order valence-electron chi connectivity index (χ1n) is 10.4. The van der Waals surface area contributed by atoms with E-state index in [9.17, 15) is 9.50 Å². The minimum atomic E-state index is -0.523. The third kappa shape index (κ3) is 4.80. The number of nitrogens with zero attached hydrogens (tertiary/aromatic N) is 1. The van der Waals surface area contributed by atoms with E-state index in [-0.39, 0.29) is 12.4 Å². The molecule has 0 unspecified atom stereocenters. The van der Waals surface area contributed by atoms with Crippen molar-refractivity contribution in [2.45, 2.75) is 44.2 Å². The molecule has 3 aromatic rings. The molecule has 1 aliphatic carbocycles. The summed E-state index contributed by atoms with van der Waals surface area (Å²) in [5, 5.41) is 12.0. The highest BCUT2D eigenvalue weighted by Crippen LogP contribution is 2.32. The van der Waals surface area contributed by atoms with Gasteiger partial charge in [0.25, 0.3) is 0 Å². The lowest BCUT2D eigenvalue weighted by Gasteiger charge is -2.32. The van der Waals surface area contributed by atoms with Gasteiger partial charge in [-0.15, -0.1) is 0 Å². The molecule has 0 amide bonds. The molecule has 1 heterocycles. The molecule has 1 fully saturated rings. The van der Waals surface area contributed by atoms with Crippen LogP contribution in [0.15, 0.2) is 53.1 Å². The van der Waals surface area contributed by atoms with Crippen LogP contribution < -0.4 is 4.74 Å². The summed E-state index contributed by atoms with van der Waals surface area (Å²) in [5.74, 6) is 1.14. The highest BCUT2D eigenvalue weighted by Gasteiger charge is 2.20. The van der Waals surface area contributed by atoms with E-state index in [1.165, 1.54) is 44.2 Å². The zero-order valence-corrected chi connectivity index (χ0v) is 16.8. The summed E-state index contributed by atoms with van der Waals surface area (Å²) in [6, 6.07) is 12.8. The first-order valence-corrected chi connectivity index (χ1v) is 10.4. The van der Waals surface area contributed by atoms with Crippen LogP contribution in [-0.4, -0.2) is 42.4 Å². The highest BCUT2D eigenvalue weighted by molar-refractivity contribution is 5.94. The summed E-state index contributed by atoms with van der Waals surface area (Å²) in [6.07, 6.45) is 7.39. The lowest BCUT2D eigenvalue weighted by Crippen LogP contribution is -2.40. The Labute approximate surface area is 170 Å². The van der Waals surface area contributed by atoms with Gasteiger partial charge in [-0.3, -0.25) is 0 Å². The van der Waals surface area contributed by atoms with Crippen LogP contribution in [0.2, 0.25) is 0 Å². The molecule has 0 radical (unpaired) electrons.